The van der Waals surface area contributed by atoms with E-state index in [1.165, 1.54) is 11.6 Å². The smallest absolute Gasteiger partial charge is 0.416 e. The zero-order chi connectivity index (χ0) is 17.0. The first-order chi connectivity index (χ1) is 10.8. The van der Waals surface area contributed by atoms with Crippen LogP contribution in [0.15, 0.2) is 42.5 Å². The number of alkyl halides is 3. The highest BCUT2D eigenvalue weighted by atomic mass is 19.4. The highest BCUT2D eigenvalue weighted by Gasteiger charge is 2.30. The van der Waals surface area contributed by atoms with Gasteiger partial charge in [-0.05, 0) is 67.1 Å². The number of hydrogen-bond acceptors (Lipinski definition) is 1. The minimum atomic E-state index is -4.33. The third-order valence-electron chi connectivity index (χ3n) is 4.07. The van der Waals surface area contributed by atoms with E-state index < -0.39 is 11.7 Å². The molecule has 0 aliphatic heterocycles. The predicted molar refractivity (Wildman–Crippen MR) is 86.0 cm³/mol. The van der Waals surface area contributed by atoms with Crippen LogP contribution in [0, 0.1) is 6.92 Å². The van der Waals surface area contributed by atoms with Gasteiger partial charge in [-0.1, -0.05) is 26.0 Å². The molecule has 1 nitrogen and oxygen atoms in total. The van der Waals surface area contributed by atoms with Crippen LogP contribution in [0.4, 0.5) is 13.2 Å². The third-order valence-corrected chi connectivity index (χ3v) is 4.07. The molecule has 0 aromatic heterocycles. The van der Waals surface area contributed by atoms with E-state index in [-0.39, 0.29) is 0 Å². The third kappa shape index (κ3) is 4.27. The average Bonchev–Trinajstić information content (AvgIpc) is 2.51. The highest BCUT2D eigenvalue weighted by molar-refractivity contribution is 5.41. The van der Waals surface area contributed by atoms with Crippen LogP contribution in [-0.2, 0) is 6.18 Å². The Balaban J connectivity index is 2.16. The lowest BCUT2D eigenvalue weighted by Crippen LogP contribution is -2.05. The van der Waals surface area contributed by atoms with Gasteiger partial charge >= 0.3 is 6.18 Å². The number of aryl methyl sites for hydroxylation is 1. The summed E-state index contributed by atoms with van der Waals surface area (Å²) in [6.45, 7) is 5.93. The van der Waals surface area contributed by atoms with Gasteiger partial charge in [0.2, 0.25) is 0 Å². The topological polar surface area (TPSA) is 9.23 Å². The molecule has 0 heterocycles. The van der Waals surface area contributed by atoms with Crippen molar-refractivity contribution in [3.8, 4) is 11.5 Å². The Morgan fingerprint density at radius 1 is 0.957 bits per heavy atom. The molecular formula is C19H21F3O. The number of hydrogen-bond donors (Lipinski definition) is 0. The Bertz CT molecular complexity index is 641. The second-order valence-corrected chi connectivity index (χ2v) is 5.66. The summed E-state index contributed by atoms with van der Waals surface area (Å²) in [6.07, 6.45) is -2.18. The molecule has 0 amide bonds. The molecule has 0 atom stereocenters. The van der Waals surface area contributed by atoms with Gasteiger partial charge in [-0.25, -0.2) is 0 Å². The second-order valence-electron chi connectivity index (χ2n) is 5.66. The van der Waals surface area contributed by atoms with Crippen LogP contribution in [0.2, 0.25) is 0 Å². The lowest BCUT2D eigenvalue weighted by molar-refractivity contribution is -0.137. The summed E-state index contributed by atoms with van der Waals surface area (Å²) in [5.41, 5.74) is 1.06. The maximum Gasteiger partial charge on any atom is 0.416 e. The minimum absolute atomic E-state index is 0.438. The van der Waals surface area contributed by atoms with Crippen molar-refractivity contribution in [2.24, 2.45) is 0 Å². The maximum atomic E-state index is 12.7. The molecule has 0 saturated carbocycles. The molecule has 0 N–H and O–H groups in total. The molecule has 2 aromatic rings. The first-order valence-electron chi connectivity index (χ1n) is 7.80. The fourth-order valence-corrected chi connectivity index (χ4v) is 2.64. The molecule has 0 radical (unpaired) electrons. The van der Waals surface area contributed by atoms with Crippen LogP contribution in [0.5, 0.6) is 11.5 Å². The number of benzene rings is 2. The Morgan fingerprint density at radius 2 is 1.57 bits per heavy atom. The summed E-state index contributed by atoms with van der Waals surface area (Å²) in [5, 5.41) is 0. The fourth-order valence-electron chi connectivity index (χ4n) is 2.64. The van der Waals surface area contributed by atoms with Gasteiger partial charge in [-0.3, -0.25) is 0 Å². The summed E-state index contributed by atoms with van der Waals surface area (Å²) >= 11 is 0. The summed E-state index contributed by atoms with van der Waals surface area (Å²) in [7, 11) is 0. The standard InChI is InChI=1S/C19H21F3O/c1-4-14(5-2)15-6-9-17(10-7-15)23-18-11-8-16(12-13(18)3)19(20,21)22/h6-12,14H,4-5H2,1-3H3. The summed E-state index contributed by atoms with van der Waals surface area (Å²) < 4.78 is 43.7. The molecule has 0 unspecified atom stereocenters. The van der Waals surface area contributed by atoms with Gasteiger partial charge in [0.05, 0.1) is 5.56 Å². The highest BCUT2D eigenvalue weighted by Crippen LogP contribution is 2.34. The quantitative estimate of drug-likeness (QED) is 0.594. The van der Waals surface area contributed by atoms with Crippen molar-refractivity contribution >= 4 is 0 Å². The zero-order valence-electron chi connectivity index (χ0n) is 13.6. The lowest BCUT2D eigenvalue weighted by atomic mass is 9.94. The molecule has 2 rings (SSSR count). The predicted octanol–water partition coefficient (Wildman–Crippen LogP) is 6.71. The maximum absolute atomic E-state index is 12.7. The molecule has 23 heavy (non-hydrogen) atoms. The molecule has 124 valence electrons. The summed E-state index contributed by atoms with van der Waals surface area (Å²) in [5.74, 6) is 1.59. The minimum Gasteiger partial charge on any atom is -0.457 e. The average molecular weight is 322 g/mol. The van der Waals surface area contributed by atoms with E-state index in [4.69, 9.17) is 4.74 Å². The van der Waals surface area contributed by atoms with Crippen molar-refractivity contribution in [3.05, 3.63) is 59.2 Å². The molecule has 0 bridgehead atoms. The molecule has 0 saturated heterocycles. The molecule has 2 aromatic carbocycles. The number of ether oxygens (including phenoxy) is 1. The van der Waals surface area contributed by atoms with E-state index in [9.17, 15) is 13.2 Å². The van der Waals surface area contributed by atoms with Crippen LogP contribution in [0.25, 0.3) is 0 Å². The van der Waals surface area contributed by atoms with Gasteiger partial charge in [0.1, 0.15) is 11.5 Å². The summed E-state index contributed by atoms with van der Waals surface area (Å²) in [6, 6.07) is 11.3. The Hall–Kier alpha value is -1.97. The Morgan fingerprint density at radius 3 is 2.04 bits per heavy atom. The molecule has 0 fully saturated rings. The number of halogens is 3. The van der Waals surface area contributed by atoms with Crippen molar-refractivity contribution < 1.29 is 17.9 Å². The van der Waals surface area contributed by atoms with Crippen LogP contribution < -0.4 is 4.74 Å². The van der Waals surface area contributed by atoms with Crippen molar-refractivity contribution in [2.75, 3.05) is 0 Å². The van der Waals surface area contributed by atoms with E-state index in [2.05, 4.69) is 13.8 Å². The van der Waals surface area contributed by atoms with E-state index in [1.54, 1.807) is 6.92 Å². The second kappa shape index (κ2) is 7.07. The van der Waals surface area contributed by atoms with Gasteiger partial charge in [0.15, 0.2) is 0 Å². The van der Waals surface area contributed by atoms with Crippen molar-refractivity contribution in [1.82, 2.24) is 0 Å². The van der Waals surface area contributed by atoms with Crippen molar-refractivity contribution in [3.63, 3.8) is 0 Å². The molecular weight excluding hydrogens is 301 g/mol. The van der Waals surface area contributed by atoms with Gasteiger partial charge in [-0.15, -0.1) is 0 Å². The van der Waals surface area contributed by atoms with Gasteiger partial charge in [-0.2, -0.15) is 13.2 Å². The van der Waals surface area contributed by atoms with Crippen molar-refractivity contribution in [1.29, 1.82) is 0 Å². The molecule has 0 aliphatic rings. The van der Waals surface area contributed by atoms with Crippen LogP contribution in [0.3, 0.4) is 0 Å². The van der Waals surface area contributed by atoms with E-state index >= 15 is 0 Å². The van der Waals surface area contributed by atoms with Gasteiger partial charge < -0.3 is 4.74 Å². The normalized spacial score (nSPS) is 11.8. The molecule has 0 aliphatic carbocycles. The van der Waals surface area contributed by atoms with E-state index in [0.717, 1.165) is 25.0 Å². The first-order valence-corrected chi connectivity index (χ1v) is 7.80. The SMILES string of the molecule is CCC(CC)c1ccc(Oc2ccc(C(F)(F)F)cc2C)cc1. The molecule has 0 spiro atoms. The lowest BCUT2D eigenvalue weighted by Gasteiger charge is -2.15. The Kier molecular flexibility index (Phi) is 5.34. The fraction of sp³-hybridized carbons (Fsp3) is 0.368. The van der Waals surface area contributed by atoms with Crippen LogP contribution in [0.1, 0.15) is 49.3 Å². The Labute approximate surface area is 135 Å². The van der Waals surface area contributed by atoms with Crippen molar-refractivity contribution in [2.45, 2.75) is 45.7 Å². The summed E-state index contributed by atoms with van der Waals surface area (Å²) in [4.78, 5) is 0. The first kappa shape index (κ1) is 17.4. The van der Waals surface area contributed by atoms with Crippen LogP contribution >= 0.6 is 0 Å². The number of rotatable bonds is 5. The van der Waals surface area contributed by atoms with E-state index in [1.807, 2.05) is 24.3 Å². The zero-order valence-corrected chi connectivity index (χ0v) is 13.6. The van der Waals surface area contributed by atoms with Crippen LogP contribution in [-0.4, -0.2) is 0 Å². The monoisotopic (exact) mass is 322 g/mol. The molecule has 4 heteroatoms. The van der Waals surface area contributed by atoms with Gasteiger partial charge in [0.25, 0.3) is 0 Å². The largest absolute Gasteiger partial charge is 0.457 e. The van der Waals surface area contributed by atoms with Gasteiger partial charge in [0, 0.05) is 0 Å². The van der Waals surface area contributed by atoms with E-state index in [0.29, 0.717) is 23.0 Å².